The van der Waals surface area contributed by atoms with Gasteiger partial charge in [-0.3, -0.25) is 4.79 Å². The summed E-state index contributed by atoms with van der Waals surface area (Å²) < 4.78 is 5.26. The van der Waals surface area contributed by atoms with Gasteiger partial charge >= 0.3 is 0 Å². The number of hydrogen-bond acceptors (Lipinski definition) is 5. The number of ether oxygens (including phenoxy) is 1. The van der Waals surface area contributed by atoms with Crippen LogP contribution in [0.15, 0.2) is 47.6 Å². The van der Waals surface area contributed by atoms with Crippen molar-refractivity contribution >= 4 is 12.1 Å². The molecule has 2 aromatic rings. The Kier molecular flexibility index (Phi) is 4.98. The van der Waals surface area contributed by atoms with E-state index in [1.54, 1.807) is 12.1 Å². The number of carbonyl (C=O) groups is 1. The molecule has 2 rings (SSSR count). The van der Waals surface area contributed by atoms with Crippen LogP contribution in [0.25, 0.3) is 0 Å². The molecule has 0 aliphatic rings. The van der Waals surface area contributed by atoms with Gasteiger partial charge in [0.25, 0.3) is 5.91 Å². The van der Waals surface area contributed by atoms with Gasteiger partial charge in [-0.15, -0.1) is 0 Å². The zero-order valence-electron chi connectivity index (χ0n) is 12.0. The van der Waals surface area contributed by atoms with E-state index in [1.807, 2.05) is 6.92 Å². The largest absolute Gasteiger partial charge is 0.508 e. The summed E-state index contributed by atoms with van der Waals surface area (Å²) in [6, 6.07) is 10.6. The molecule has 0 unspecified atom stereocenters. The minimum atomic E-state index is -0.389. The zero-order valence-corrected chi connectivity index (χ0v) is 12.0. The van der Waals surface area contributed by atoms with Gasteiger partial charge in [-0.1, -0.05) is 0 Å². The average molecular weight is 300 g/mol. The molecule has 0 fully saturated rings. The van der Waals surface area contributed by atoms with Crippen LogP contribution in [0.1, 0.15) is 22.8 Å². The van der Waals surface area contributed by atoms with Crippen molar-refractivity contribution in [2.75, 3.05) is 6.61 Å². The second kappa shape index (κ2) is 7.12. The van der Waals surface area contributed by atoms with Gasteiger partial charge in [-0.05, 0) is 55.0 Å². The highest BCUT2D eigenvalue weighted by atomic mass is 16.5. The lowest BCUT2D eigenvalue weighted by atomic mass is 10.2. The highest BCUT2D eigenvalue weighted by Crippen LogP contribution is 2.26. The van der Waals surface area contributed by atoms with Crippen molar-refractivity contribution in [3.8, 4) is 17.2 Å². The molecule has 0 bridgehead atoms. The topological polar surface area (TPSA) is 91.2 Å². The summed E-state index contributed by atoms with van der Waals surface area (Å²) in [6.45, 7) is 2.25. The SMILES string of the molecule is CCOc1cc(C=NNC(=O)c2ccc(O)cc2)ccc1O. The summed E-state index contributed by atoms with van der Waals surface area (Å²) in [4.78, 5) is 11.8. The molecule has 0 saturated heterocycles. The summed E-state index contributed by atoms with van der Waals surface area (Å²) in [5.41, 5.74) is 3.44. The summed E-state index contributed by atoms with van der Waals surface area (Å²) in [6.07, 6.45) is 1.44. The first kappa shape index (κ1) is 15.4. The lowest BCUT2D eigenvalue weighted by Gasteiger charge is -2.06. The first-order valence-corrected chi connectivity index (χ1v) is 6.68. The molecule has 0 aliphatic heterocycles. The van der Waals surface area contributed by atoms with Crippen molar-refractivity contribution in [2.45, 2.75) is 6.92 Å². The van der Waals surface area contributed by atoms with Crippen molar-refractivity contribution < 1.29 is 19.7 Å². The lowest BCUT2D eigenvalue weighted by molar-refractivity contribution is 0.0955. The van der Waals surface area contributed by atoms with Gasteiger partial charge in [0.1, 0.15) is 5.75 Å². The second-order valence-corrected chi connectivity index (χ2v) is 4.41. The van der Waals surface area contributed by atoms with Gasteiger partial charge in [-0.2, -0.15) is 5.10 Å². The van der Waals surface area contributed by atoms with Crippen LogP contribution in [0.2, 0.25) is 0 Å². The summed E-state index contributed by atoms with van der Waals surface area (Å²) in [5.74, 6) is 0.107. The maximum Gasteiger partial charge on any atom is 0.271 e. The molecular formula is C16H16N2O4. The zero-order chi connectivity index (χ0) is 15.9. The monoisotopic (exact) mass is 300 g/mol. The summed E-state index contributed by atoms with van der Waals surface area (Å²) in [5, 5.41) is 22.6. The van der Waals surface area contributed by atoms with E-state index in [2.05, 4.69) is 10.5 Å². The van der Waals surface area contributed by atoms with Crippen LogP contribution in [0, 0.1) is 0 Å². The van der Waals surface area contributed by atoms with E-state index < -0.39 is 0 Å². The van der Waals surface area contributed by atoms with Crippen molar-refractivity contribution in [1.29, 1.82) is 0 Å². The van der Waals surface area contributed by atoms with E-state index >= 15 is 0 Å². The highest BCUT2D eigenvalue weighted by Gasteiger charge is 2.04. The van der Waals surface area contributed by atoms with Gasteiger partial charge in [0.2, 0.25) is 0 Å². The van der Waals surface area contributed by atoms with E-state index in [-0.39, 0.29) is 17.4 Å². The fourth-order valence-electron chi connectivity index (χ4n) is 1.72. The molecule has 0 radical (unpaired) electrons. The first-order valence-electron chi connectivity index (χ1n) is 6.68. The van der Waals surface area contributed by atoms with E-state index in [0.29, 0.717) is 23.5 Å². The maximum atomic E-state index is 11.8. The normalized spacial score (nSPS) is 10.6. The Morgan fingerprint density at radius 3 is 2.64 bits per heavy atom. The lowest BCUT2D eigenvalue weighted by Crippen LogP contribution is -2.17. The summed E-state index contributed by atoms with van der Waals surface area (Å²) >= 11 is 0. The third-order valence-electron chi connectivity index (χ3n) is 2.79. The number of carbonyl (C=O) groups excluding carboxylic acids is 1. The number of hydrogen-bond donors (Lipinski definition) is 3. The fourth-order valence-corrected chi connectivity index (χ4v) is 1.72. The minimum absolute atomic E-state index is 0.0483. The highest BCUT2D eigenvalue weighted by molar-refractivity contribution is 5.95. The Hall–Kier alpha value is -3.02. The number of phenols is 2. The Morgan fingerprint density at radius 1 is 1.23 bits per heavy atom. The molecule has 6 nitrogen and oxygen atoms in total. The third-order valence-corrected chi connectivity index (χ3v) is 2.79. The predicted octanol–water partition coefficient (Wildman–Crippen LogP) is 2.26. The van der Waals surface area contributed by atoms with Gasteiger partial charge in [-0.25, -0.2) is 5.43 Å². The Labute approximate surface area is 127 Å². The van der Waals surface area contributed by atoms with Crippen LogP contribution >= 0.6 is 0 Å². The first-order chi connectivity index (χ1) is 10.6. The van der Waals surface area contributed by atoms with Gasteiger partial charge in [0.15, 0.2) is 11.5 Å². The van der Waals surface area contributed by atoms with Crippen LogP contribution in [-0.2, 0) is 0 Å². The van der Waals surface area contributed by atoms with Crippen molar-refractivity contribution in [3.63, 3.8) is 0 Å². The Morgan fingerprint density at radius 2 is 1.95 bits per heavy atom. The smallest absolute Gasteiger partial charge is 0.271 e. The molecule has 0 atom stereocenters. The molecule has 114 valence electrons. The maximum absolute atomic E-state index is 11.8. The van der Waals surface area contributed by atoms with Gasteiger partial charge < -0.3 is 14.9 Å². The fraction of sp³-hybridized carbons (Fsp3) is 0.125. The average Bonchev–Trinajstić information content (AvgIpc) is 2.51. The Balaban J connectivity index is 2.01. The molecule has 0 spiro atoms. The number of nitrogens with one attached hydrogen (secondary N) is 1. The van der Waals surface area contributed by atoms with Gasteiger partial charge in [0, 0.05) is 5.56 Å². The quantitative estimate of drug-likeness (QED) is 0.583. The van der Waals surface area contributed by atoms with Crippen LogP contribution in [0.4, 0.5) is 0 Å². The van der Waals surface area contributed by atoms with E-state index in [9.17, 15) is 9.90 Å². The van der Waals surface area contributed by atoms with E-state index in [4.69, 9.17) is 9.84 Å². The predicted molar refractivity (Wildman–Crippen MR) is 82.4 cm³/mol. The van der Waals surface area contributed by atoms with Crippen LogP contribution in [-0.4, -0.2) is 28.9 Å². The van der Waals surface area contributed by atoms with Crippen molar-refractivity contribution in [1.82, 2.24) is 5.43 Å². The molecule has 6 heteroatoms. The van der Waals surface area contributed by atoms with Gasteiger partial charge in [0.05, 0.1) is 12.8 Å². The second-order valence-electron chi connectivity index (χ2n) is 4.41. The number of amides is 1. The van der Waals surface area contributed by atoms with Crippen LogP contribution in [0.3, 0.4) is 0 Å². The standard InChI is InChI=1S/C16H16N2O4/c1-2-22-15-9-11(3-8-14(15)20)10-17-18-16(21)12-4-6-13(19)7-5-12/h3-10,19-20H,2H2,1H3,(H,18,21). The van der Waals surface area contributed by atoms with Crippen molar-refractivity contribution in [3.05, 3.63) is 53.6 Å². The molecule has 0 aliphatic carbocycles. The molecular weight excluding hydrogens is 284 g/mol. The molecule has 0 heterocycles. The molecule has 0 saturated carbocycles. The number of phenolic OH excluding ortho intramolecular Hbond substituents is 2. The number of rotatable bonds is 5. The molecule has 0 aromatic heterocycles. The molecule has 3 N–H and O–H groups in total. The van der Waals surface area contributed by atoms with Crippen LogP contribution < -0.4 is 10.2 Å². The third kappa shape index (κ3) is 3.99. The van der Waals surface area contributed by atoms with Crippen molar-refractivity contribution in [2.24, 2.45) is 5.10 Å². The molecule has 2 aromatic carbocycles. The van der Waals surface area contributed by atoms with Crippen LogP contribution in [0.5, 0.6) is 17.2 Å². The minimum Gasteiger partial charge on any atom is -0.508 e. The number of hydrazone groups is 1. The molecule has 1 amide bonds. The Bertz CT molecular complexity index is 681. The van der Waals surface area contributed by atoms with E-state index in [0.717, 1.165) is 0 Å². The number of benzene rings is 2. The number of aromatic hydroxyl groups is 2. The van der Waals surface area contributed by atoms with E-state index in [1.165, 1.54) is 36.5 Å². The molecule has 22 heavy (non-hydrogen) atoms. The summed E-state index contributed by atoms with van der Waals surface area (Å²) in [7, 11) is 0. The number of nitrogens with zero attached hydrogens (tertiary/aromatic N) is 1.